The number of nitrogens with one attached hydrogen (secondary N) is 1. The molecule has 2 heterocycles. The lowest BCUT2D eigenvalue weighted by Crippen LogP contribution is -2.44. The van der Waals surface area contributed by atoms with E-state index in [2.05, 4.69) is 20.4 Å². The summed E-state index contributed by atoms with van der Waals surface area (Å²) >= 11 is 12.2. The van der Waals surface area contributed by atoms with Gasteiger partial charge in [0.2, 0.25) is 0 Å². The van der Waals surface area contributed by atoms with Crippen LogP contribution in [-0.4, -0.2) is 37.3 Å². The number of nitrogens with zero attached hydrogens (tertiary/aromatic N) is 4. The molecule has 0 fully saturated rings. The van der Waals surface area contributed by atoms with E-state index < -0.39 is 5.60 Å². The number of amides is 1. The third-order valence-electron chi connectivity index (χ3n) is 3.79. The predicted octanol–water partition coefficient (Wildman–Crippen LogP) is 2.30. The second-order valence-corrected chi connectivity index (χ2v) is 6.52. The van der Waals surface area contributed by atoms with E-state index in [1.165, 1.54) is 29.6 Å². The maximum atomic E-state index is 12.3. The fraction of sp³-hybridized carbons (Fsp3) is 0.176. The van der Waals surface area contributed by atoms with Crippen molar-refractivity contribution in [1.29, 1.82) is 0 Å². The van der Waals surface area contributed by atoms with Crippen molar-refractivity contribution < 1.29 is 9.90 Å². The van der Waals surface area contributed by atoms with Crippen molar-refractivity contribution in [3.05, 3.63) is 76.6 Å². The van der Waals surface area contributed by atoms with Crippen LogP contribution in [0.3, 0.4) is 0 Å². The summed E-state index contributed by atoms with van der Waals surface area (Å²) in [5.41, 5.74) is -0.712. The molecule has 134 valence electrons. The Kier molecular flexibility index (Phi) is 5.51. The number of benzene rings is 1. The summed E-state index contributed by atoms with van der Waals surface area (Å²) in [6, 6.07) is 8.07. The van der Waals surface area contributed by atoms with E-state index in [4.69, 9.17) is 23.2 Å². The normalized spacial score (nSPS) is 13.2. The van der Waals surface area contributed by atoms with Crippen LogP contribution in [0.5, 0.6) is 0 Å². The van der Waals surface area contributed by atoms with E-state index in [1.54, 1.807) is 30.5 Å². The zero-order valence-electron chi connectivity index (χ0n) is 13.5. The molecule has 1 unspecified atom stereocenters. The average Bonchev–Trinajstić information content (AvgIpc) is 3.13. The van der Waals surface area contributed by atoms with E-state index in [1.807, 2.05) is 0 Å². The number of pyridine rings is 1. The zero-order valence-corrected chi connectivity index (χ0v) is 15.0. The molecule has 1 aromatic carbocycles. The number of rotatable bonds is 6. The largest absolute Gasteiger partial charge is 0.381 e. The van der Waals surface area contributed by atoms with Gasteiger partial charge in [-0.05, 0) is 24.3 Å². The Balaban J connectivity index is 1.86. The van der Waals surface area contributed by atoms with Crippen molar-refractivity contribution in [2.24, 2.45) is 0 Å². The quantitative estimate of drug-likeness (QED) is 0.672. The standard InChI is InChI=1S/C17H15Cl2N5O2/c18-13-3-4-14(15(19)6-13)17(26,9-24-11-21-10-23-24)8-22-16(25)12-2-1-5-20-7-12/h1-7,10-11,26H,8-9H2,(H,22,25). The van der Waals surface area contributed by atoms with Crippen LogP contribution in [0.25, 0.3) is 0 Å². The molecule has 7 nitrogen and oxygen atoms in total. The summed E-state index contributed by atoms with van der Waals surface area (Å²) in [4.78, 5) is 20.1. The molecule has 1 amide bonds. The molecule has 0 spiro atoms. The van der Waals surface area contributed by atoms with Gasteiger partial charge in [0.15, 0.2) is 0 Å². The number of halogens is 2. The first-order chi connectivity index (χ1) is 12.5. The number of aromatic nitrogens is 4. The fourth-order valence-electron chi connectivity index (χ4n) is 2.51. The minimum Gasteiger partial charge on any atom is -0.381 e. The van der Waals surface area contributed by atoms with Crippen LogP contribution in [0, 0.1) is 0 Å². The van der Waals surface area contributed by atoms with Crippen molar-refractivity contribution in [1.82, 2.24) is 25.1 Å². The van der Waals surface area contributed by atoms with Crippen LogP contribution < -0.4 is 5.32 Å². The van der Waals surface area contributed by atoms with Gasteiger partial charge < -0.3 is 10.4 Å². The topological polar surface area (TPSA) is 92.9 Å². The molecule has 0 aliphatic carbocycles. The molecule has 9 heteroatoms. The number of carbonyl (C=O) groups excluding carboxylic acids is 1. The molecule has 26 heavy (non-hydrogen) atoms. The molecular weight excluding hydrogens is 377 g/mol. The van der Waals surface area contributed by atoms with Gasteiger partial charge in [-0.1, -0.05) is 29.3 Å². The van der Waals surface area contributed by atoms with E-state index in [-0.39, 0.29) is 24.0 Å². The Morgan fingerprint density at radius 1 is 1.27 bits per heavy atom. The van der Waals surface area contributed by atoms with Crippen LogP contribution in [0.1, 0.15) is 15.9 Å². The molecule has 0 aliphatic heterocycles. The molecule has 0 saturated carbocycles. The van der Waals surface area contributed by atoms with Crippen molar-refractivity contribution in [2.75, 3.05) is 6.54 Å². The second-order valence-electron chi connectivity index (χ2n) is 5.67. The predicted molar refractivity (Wildman–Crippen MR) is 97.0 cm³/mol. The highest BCUT2D eigenvalue weighted by atomic mass is 35.5. The molecule has 3 rings (SSSR count). The molecular formula is C17H15Cl2N5O2. The van der Waals surface area contributed by atoms with Gasteiger partial charge in [0, 0.05) is 28.0 Å². The molecule has 0 aliphatic rings. The molecule has 3 aromatic rings. The van der Waals surface area contributed by atoms with Gasteiger partial charge in [0.1, 0.15) is 18.3 Å². The smallest absolute Gasteiger partial charge is 0.252 e. The Bertz CT molecular complexity index is 889. The lowest BCUT2D eigenvalue weighted by Gasteiger charge is -2.29. The zero-order chi connectivity index (χ0) is 18.6. The second kappa shape index (κ2) is 7.82. The van der Waals surface area contributed by atoms with Gasteiger partial charge in [-0.3, -0.25) is 9.78 Å². The van der Waals surface area contributed by atoms with E-state index in [0.717, 1.165) is 0 Å². The van der Waals surface area contributed by atoms with Crippen molar-refractivity contribution in [2.45, 2.75) is 12.1 Å². The summed E-state index contributed by atoms with van der Waals surface area (Å²) in [6.45, 7) is -0.0520. The van der Waals surface area contributed by atoms with Gasteiger partial charge in [0.05, 0.1) is 18.7 Å². The van der Waals surface area contributed by atoms with Gasteiger partial charge in [-0.2, -0.15) is 5.10 Å². The highest BCUT2D eigenvalue weighted by Gasteiger charge is 2.33. The Morgan fingerprint density at radius 3 is 2.77 bits per heavy atom. The Labute approximate surface area is 159 Å². The van der Waals surface area contributed by atoms with Crippen LogP contribution in [0.15, 0.2) is 55.4 Å². The van der Waals surface area contributed by atoms with Crippen LogP contribution in [0.4, 0.5) is 0 Å². The first-order valence-electron chi connectivity index (χ1n) is 7.66. The monoisotopic (exact) mass is 391 g/mol. The van der Waals surface area contributed by atoms with Crippen molar-refractivity contribution in [3.63, 3.8) is 0 Å². The van der Waals surface area contributed by atoms with Crippen LogP contribution >= 0.6 is 23.2 Å². The van der Waals surface area contributed by atoms with Crippen LogP contribution in [0.2, 0.25) is 10.0 Å². The number of hydrogen-bond donors (Lipinski definition) is 2. The van der Waals surface area contributed by atoms with Crippen molar-refractivity contribution in [3.8, 4) is 0 Å². The fourth-order valence-corrected chi connectivity index (χ4v) is 3.10. The minimum atomic E-state index is -1.52. The van der Waals surface area contributed by atoms with E-state index in [9.17, 15) is 9.90 Å². The summed E-state index contributed by atoms with van der Waals surface area (Å²) in [7, 11) is 0. The lowest BCUT2D eigenvalue weighted by molar-refractivity contribution is 0.0153. The SMILES string of the molecule is O=C(NCC(O)(Cn1cncn1)c1ccc(Cl)cc1Cl)c1cccnc1. The molecule has 2 N–H and O–H groups in total. The maximum absolute atomic E-state index is 12.3. The third kappa shape index (κ3) is 4.19. The molecule has 0 bridgehead atoms. The third-order valence-corrected chi connectivity index (χ3v) is 4.34. The molecule has 2 aromatic heterocycles. The highest BCUT2D eigenvalue weighted by Crippen LogP contribution is 2.31. The number of carbonyl (C=O) groups is 1. The van der Waals surface area contributed by atoms with Gasteiger partial charge >= 0.3 is 0 Å². The van der Waals surface area contributed by atoms with E-state index in [0.29, 0.717) is 16.1 Å². The summed E-state index contributed by atoms with van der Waals surface area (Å²) in [5.74, 6) is -0.361. The number of aliphatic hydroxyl groups is 1. The maximum Gasteiger partial charge on any atom is 0.252 e. The van der Waals surface area contributed by atoms with Gasteiger partial charge in [-0.25, -0.2) is 9.67 Å². The minimum absolute atomic E-state index is 0.0433. The first kappa shape index (κ1) is 18.3. The summed E-state index contributed by atoms with van der Waals surface area (Å²) < 4.78 is 1.46. The van der Waals surface area contributed by atoms with Crippen LogP contribution in [-0.2, 0) is 12.1 Å². The summed E-state index contributed by atoms with van der Waals surface area (Å²) in [6.07, 6.45) is 5.85. The number of hydrogen-bond acceptors (Lipinski definition) is 5. The Hall–Kier alpha value is -2.48. The van der Waals surface area contributed by atoms with Gasteiger partial charge in [-0.15, -0.1) is 0 Å². The van der Waals surface area contributed by atoms with E-state index >= 15 is 0 Å². The van der Waals surface area contributed by atoms with Gasteiger partial charge in [0.25, 0.3) is 5.91 Å². The first-order valence-corrected chi connectivity index (χ1v) is 8.42. The average molecular weight is 392 g/mol. The Morgan fingerprint density at radius 2 is 2.12 bits per heavy atom. The summed E-state index contributed by atoms with van der Waals surface area (Å²) in [5, 5.41) is 18.7. The molecule has 1 atom stereocenters. The highest BCUT2D eigenvalue weighted by molar-refractivity contribution is 6.35. The molecule has 0 saturated heterocycles. The lowest BCUT2D eigenvalue weighted by atomic mass is 9.93. The molecule has 0 radical (unpaired) electrons. The van der Waals surface area contributed by atoms with Crippen molar-refractivity contribution >= 4 is 29.1 Å².